The zero-order chi connectivity index (χ0) is 23.1. The molecule has 1 unspecified atom stereocenters. The molecule has 1 aliphatic rings. The van der Waals surface area contributed by atoms with Crippen molar-refractivity contribution in [3.63, 3.8) is 0 Å². The monoisotopic (exact) mass is 466 g/mol. The Labute approximate surface area is 184 Å². The second-order valence-electron chi connectivity index (χ2n) is 8.46. The molecule has 10 nitrogen and oxygen atoms in total. The van der Waals surface area contributed by atoms with Gasteiger partial charge in [0.05, 0.1) is 18.1 Å². The van der Waals surface area contributed by atoms with E-state index in [1.54, 1.807) is 6.07 Å². The minimum Gasteiger partial charge on any atom is -0.353 e. The van der Waals surface area contributed by atoms with Gasteiger partial charge in [0.1, 0.15) is 23.5 Å². The molecule has 1 fully saturated rings. The van der Waals surface area contributed by atoms with Crippen LogP contribution in [0.4, 0.5) is 14.6 Å². The minimum atomic E-state index is -3.31. The van der Waals surface area contributed by atoms with E-state index in [1.165, 1.54) is 29.2 Å². The number of hydrogen-bond donors (Lipinski definition) is 2. The van der Waals surface area contributed by atoms with Gasteiger partial charge in [0.25, 0.3) is 6.43 Å². The molecule has 0 aliphatic carbocycles. The fourth-order valence-corrected chi connectivity index (χ4v) is 4.34. The normalized spacial score (nSPS) is 19.1. The summed E-state index contributed by atoms with van der Waals surface area (Å²) in [6, 6.07) is 4.34. The second kappa shape index (κ2) is 8.30. The van der Waals surface area contributed by atoms with Crippen LogP contribution in [-0.4, -0.2) is 70.5 Å². The number of alkyl halides is 2. The van der Waals surface area contributed by atoms with Gasteiger partial charge in [-0.3, -0.25) is 0 Å². The van der Waals surface area contributed by atoms with Gasteiger partial charge in [-0.2, -0.15) is 5.10 Å². The van der Waals surface area contributed by atoms with Gasteiger partial charge in [-0.25, -0.2) is 41.4 Å². The van der Waals surface area contributed by atoms with Crippen LogP contribution in [0.25, 0.3) is 17.0 Å². The lowest BCUT2D eigenvalue weighted by Crippen LogP contribution is -2.64. The maximum absolute atomic E-state index is 13.1. The number of nitrogens with one attached hydrogen (secondary N) is 2. The molecule has 1 atom stereocenters. The quantitative estimate of drug-likeness (QED) is 0.557. The first-order chi connectivity index (χ1) is 15.0. The molecule has 0 saturated carbocycles. The third-order valence-electron chi connectivity index (χ3n) is 5.06. The van der Waals surface area contributed by atoms with Crippen molar-refractivity contribution >= 4 is 21.5 Å². The molecule has 32 heavy (non-hydrogen) atoms. The third kappa shape index (κ3) is 5.00. The van der Waals surface area contributed by atoms with Crippen molar-refractivity contribution in [2.45, 2.75) is 31.9 Å². The van der Waals surface area contributed by atoms with Crippen LogP contribution in [0.3, 0.4) is 0 Å². The van der Waals surface area contributed by atoms with E-state index in [0.29, 0.717) is 35.9 Å². The number of halogens is 2. The summed E-state index contributed by atoms with van der Waals surface area (Å²) in [5, 5.41) is 7.43. The van der Waals surface area contributed by atoms with Gasteiger partial charge in [0.2, 0.25) is 10.0 Å². The first-order valence-electron chi connectivity index (χ1n) is 9.93. The standard InChI is InChI=1S/C19H24F2N8O2S/c1-19(2)10-28(9-12(26-19)7-25-32(3,30)31)17-6-14(23-11-24-17)15-8-22-16-5-4-13(18(20)21)27-29(15)16/h4-6,8,11-12,18,25-26H,7,9-10H2,1-3H3. The Balaban J connectivity index is 1.64. The lowest BCUT2D eigenvalue weighted by molar-refractivity contribution is 0.144. The van der Waals surface area contributed by atoms with Crippen LogP contribution in [0, 0.1) is 0 Å². The van der Waals surface area contributed by atoms with Gasteiger partial charge < -0.3 is 10.2 Å². The summed E-state index contributed by atoms with van der Waals surface area (Å²) in [5.41, 5.74) is 0.736. The number of fused-ring (bicyclic) bond motifs is 1. The van der Waals surface area contributed by atoms with Crippen molar-refractivity contribution in [3.8, 4) is 11.4 Å². The molecular weight excluding hydrogens is 442 g/mol. The molecule has 1 aliphatic heterocycles. The van der Waals surface area contributed by atoms with Crippen molar-refractivity contribution in [1.82, 2.24) is 34.6 Å². The second-order valence-corrected chi connectivity index (χ2v) is 10.3. The fourth-order valence-electron chi connectivity index (χ4n) is 3.83. The summed E-state index contributed by atoms with van der Waals surface area (Å²) in [6.45, 7) is 5.43. The van der Waals surface area contributed by atoms with E-state index in [2.05, 4.69) is 30.1 Å². The fraction of sp³-hybridized carbons (Fsp3) is 0.474. The topological polar surface area (TPSA) is 117 Å². The van der Waals surface area contributed by atoms with Crippen LogP contribution in [0.5, 0.6) is 0 Å². The zero-order valence-electron chi connectivity index (χ0n) is 17.8. The largest absolute Gasteiger partial charge is 0.353 e. The van der Waals surface area contributed by atoms with E-state index in [-0.39, 0.29) is 23.8 Å². The lowest BCUT2D eigenvalue weighted by Gasteiger charge is -2.44. The molecule has 1 saturated heterocycles. The number of piperazine rings is 1. The molecule has 3 aromatic rings. The average Bonchev–Trinajstić information content (AvgIpc) is 3.14. The van der Waals surface area contributed by atoms with Gasteiger partial charge >= 0.3 is 0 Å². The molecular formula is C19H24F2N8O2S. The van der Waals surface area contributed by atoms with Crippen molar-refractivity contribution in [3.05, 3.63) is 36.4 Å². The highest BCUT2D eigenvalue weighted by Gasteiger charge is 2.33. The summed E-state index contributed by atoms with van der Waals surface area (Å²) >= 11 is 0. The van der Waals surface area contributed by atoms with Crippen LogP contribution in [0.2, 0.25) is 0 Å². The summed E-state index contributed by atoms with van der Waals surface area (Å²) in [5.74, 6) is 0.633. The van der Waals surface area contributed by atoms with Crippen LogP contribution >= 0.6 is 0 Å². The molecule has 0 bridgehead atoms. The molecule has 172 valence electrons. The van der Waals surface area contributed by atoms with E-state index in [9.17, 15) is 17.2 Å². The molecule has 4 heterocycles. The highest BCUT2D eigenvalue weighted by Crippen LogP contribution is 2.25. The summed E-state index contributed by atoms with van der Waals surface area (Å²) in [7, 11) is -3.31. The van der Waals surface area contributed by atoms with Crippen molar-refractivity contribution in [1.29, 1.82) is 0 Å². The predicted octanol–water partition coefficient (Wildman–Crippen LogP) is 1.23. The number of imidazole rings is 1. The SMILES string of the molecule is CC1(C)CN(c2cc(-c3cnc4ccc(C(F)F)nn34)ncn2)CC(CNS(C)(=O)=O)N1. The van der Waals surface area contributed by atoms with Gasteiger partial charge in [0.15, 0.2) is 5.65 Å². The molecule has 0 aromatic carbocycles. The van der Waals surface area contributed by atoms with Gasteiger partial charge in [-0.05, 0) is 26.0 Å². The molecule has 2 N–H and O–H groups in total. The van der Waals surface area contributed by atoms with E-state index in [1.807, 2.05) is 18.7 Å². The highest BCUT2D eigenvalue weighted by atomic mass is 32.2. The first-order valence-corrected chi connectivity index (χ1v) is 11.8. The molecule has 4 rings (SSSR count). The Morgan fingerprint density at radius 3 is 2.78 bits per heavy atom. The molecule has 0 spiro atoms. The Morgan fingerprint density at radius 2 is 2.06 bits per heavy atom. The van der Waals surface area contributed by atoms with Crippen molar-refractivity contribution in [2.24, 2.45) is 0 Å². The maximum Gasteiger partial charge on any atom is 0.282 e. The number of sulfonamides is 1. The third-order valence-corrected chi connectivity index (χ3v) is 5.75. The molecule has 0 amide bonds. The summed E-state index contributed by atoms with van der Waals surface area (Å²) in [6.07, 6.45) is 1.36. The molecule has 13 heteroatoms. The minimum absolute atomic E-state index is 0.141. The van der Waals surface area contributed by atoms with Crippen molar-refractivity contribution < 1.29 is 17.2 Å². The lowest BCUT2D eigenvalue weighted by atomic mass is 9.98. The number of anilines is 1. The molecule has 3 aromatic heterocycles. The van der Waals surface area contributed by atoms with Gasteiger partial charge in [-0.15, -0.1) is 0 Å². The van der Waals surface area contributed by atoms with Crippen LogP contribution in [-0.2, 0) is 10.0 Å². The summed E-state index contributed by atoms with van der Waals surface area (Å²) < 4.78 is 53.1. The smallest absolute Gasteiger partial charge is 0.282 e. The Hall–Kier alpha value is -2.77. The Kier molecular flexibility index (Phi) is 5.81. The van der Waals surface area contributed by atoms with E-state index < -0.39 is 16.4 Å². The van der Waals surface area contributed by atoms with Gasteiger partial charge in [0, 0.05) is 37.3 Å². The van der Waals surface area contributed by atoms with E-state index in [4.69, 9.17) is 0 Å². The predicted molar refractivity (Wildman–Crippen MR) is 115 cm³/mol. The van der Waals surface area contributed by atoms with E-state index >= 15 is 0 Å². The zero-order valence-corrected chi connectivity index (χ0v) is 18.6. The maximum atomic E-state index is 13.1. The van der Waals surface area contributed by atoms with Crippen LogP contribution < -0.4 is 14.9 Å². The number of aromatic nitrogens is 5. The van der Waals surface area contributed by atoms with Gasteiger partial charge in [-0.1, -0.05) is 0 Å². The Bertz CT molecular complexity index is 1230. The number of hydrogen-bond acceptors (Lipinski definition) is 8. The van der Waals surface area contributed by atoms with E-state index in [0.717, 1.165) is 6.26 Å². The first kappa shape index (κ1) is 22.4. The molecule has 0 radical (unpaired) electrons. The summed E-state index contributed by atoms with van der Waals surface area (Å²) in [4.78, 5) is 14.9. The Morgan fingerprint density at radius 1 is 1.28 bits per heavy atom. The van der Waals surface area contributed by atoms with Crippen LogP contribution in [0.15, 0.2) is 30.7 Å². The number of nitrogens with zero attached hydrogens (tertiary/aromatic N) is 6. The average molecular weight is 467 g/mol. The number of rotatable bonds is 6. The van der Waals surface area contributed by atoms with Crippen molar-refractivity contribution in [2.75, 3.05) is 30.8 Å². The highest BCUT2D eigenvalue weighted by molar-refractivity contribution is 7.88. The van der Waals surface area contributed by atoms with Crippen LogP contribution in [0.1, 0.15) is 26.0 Å².